The van der Waals surface area contributed by atoms with Crippen molar-refractivity contribution in [3.05, 3.63) is 17.8 Å². The van der Waals surface area contributed by atoms with Crippen LogP contribution in [-0.2, 0) is 11.2 Å². The molecule has 0 amide bonds. The maximum atomic E-state index is 11.0. The number of hydrogen-bond acceptors (Lipinski definition) is 4. The van der Waals surface area contributed by atoms with E-state index < -0.39 is 12.0 Å². The lowest BCUT2D eigenvalue weighted by atomic mass is 10.1. The van der Waals surface area contributed by atoms with Crippen LogP contribution in [0.4, 0.5) is 5.69 Å². The zero-order valence-corrected chi connectivity index (χ0v) is 8.60. The number of ether oxygens (including phenoxy) is 1. The molecule has 1 N–H and O–H groups in total. The summed E-state index contributed by atoms with van der Waals surface area (Å²) < 4.78 is 5.10. The maximum Gasteiger partial charge on any atom is 0.326 e. The van der Waals surface area contributed by atoms with Crippen molar-refractivity contribution in [2.45, 2.75) is 12.5 Å². The third-order valence-corrected chi connectivity index (χ3v) is 2.71. The first kappa shape index (κ1) is 9.76. The van der Waals surface area contributed by atoms with Crippen molar-refractivity contribution >= 4 is 11.7 Å². The predicted octanol–water partition coefficient (Wildman–Crippen LogP) is 0.536. The Balaban J connectivity index is 2.44. The van der Waals surface area contributed by atoms with Crippen molar-refractivity contribution in [1.29, 1.82) is 0 Å². The Bertz CT molecular complexity index is 406. The summed E-state index contributed by atoms with van der Waals surface area (Å²) in [6.45, 7) is 0. The fourth-order valence-corrected chi connectivity index (χ4v) is 1.91. The second-order valence-corrected chi connectivity index (χ2v) is 3.49. The van der Waals surface area contributed by atoms with Crippen LogP contribution in [0.15, 0.2) is 12.3 Å². The van der Waals surface area contributed by atoms with E-state index in [2.05, 4.69) is 4.98 Å². The second-order valence-electron chi connectivity index (χ2n) is 3.49. The molecule has 0 fully saturated rings. The number of pyridine rings is 1. The predicted molar refractivity (Wildman–Crippen MR) is 54.3 cm³/mol. The Hall–Kier alpha value is -1.78. The highest BCUT2D eigenvalue weighted by molar-refractivity contribution is 5.82. The van der Waals surface area contributed by atoms with Gasteiger partial charge in [-0.05, 0) is 6.07 Å². The van der Waals surface area contributed by atoms with Gasteiger partial charge < -0.3 is 14.7 Å². The number of rotatable bonds is 2. The van der Waals surface area contributed by atoms with Crippen molar-refractivity contribution in [2.24, 2.45) is 0 Å². The lowest BCUT2D eigenvalue weighted by Crippen LogP contribution is -2.35. The Morgan fingerprint density at radius 2 is 2.47 bits per heavy atom. The Morgan fingerprint density at radius 3 is 3.07 bits per heavy atom. The Labute approximate surface area is 87.3 Å². The van der Waals surface area contributed by atoms with Gasteiger partial charge in [0.25, 0.3) is 0 Å². The molecule has 0 aliphatic carbocycles. The molecule has 0 radical (unpaired) electrons. The molecule has 80 valence electrons. The largest absolute Gasteiger partial charge is 0.481 e. The Kier molecular flexibility index (Phi) is 2.22. The number of likely N-dealkylation sites (N-methyl/N-ethyl adjacent to an activating group) is 1. The summed E-state index contributed by atoms with van der Waals surface area (Å²) in [6.07, 6.45) is 2.07. The molecule has 1 aromatic heterocycles. The minimum Gasteiger partial charge on any atom is -0.481 e. The number of methoxy groups -OCH3 is 1. The van der Waals surface area contributed by atoms with Crippen LogP contribution in [-0.4, -0.2) is 36.3 Å². The summed E-state index contributed by atoms with van der Waals surface area (Å²) in [7, 11) is 3.31. The molecule has 1 aliphatic heterocycles. The van der Waals surface area contributed by atoms with Crippen molar-refractivity contribution < 1.29 is 14.6 Å². The van der Waals surface area contributed by atoms with Gasteiger partial charge in [-0.3, -0.25) is 0 Å². The SMILES string of the molecule is COc1nccc2c1CC(C(=O)O)N2C. The minimum absolute atomic E-state index is 0.443. The zero-order valence-electron chi connectivity index (χ0n) is 8.60. The number of hydrogen-bond donors (Lipinski definition) is 1. The topological polar surface area (TPSA) is 62.7 Å². The first-order valence-corrected chi connectivity index (χ1v) is 4.62. The molecule has 0 bridgehead atoms. The zero-order chi connectivity index (χ0) is 11.0. The number of nitrogens with zero attached hydrogens (tertiary/aromatic N) is 2. The van der Waals surface area contributed by atoms with Gasteiger partial charge in [0.15, 0.2) is 0 Å². The summed E-state index contributed by atoms with van der Waals surface area (Å²) in [5.41, 5.74) is 1.75. The van der Waals surface area contributed by atoms with Gasteiger partial charge >= 0.3 is 5.97 Å². The van der Waals surface area contributed by atoms with E-state index in [1.54, 1.807) is 24.2 Å². The van der Waals surface area contributed by atoms with Gasteiger partial charge in [-0.25, -0.2) is 9.78 Å². The van der Waals surface area contributed by atoms with Crippen LogP contribution in [0.3, 0.4) is 0 Å². The molecule has 1 aliphatic rings. The van der Waals surface area contributed by atoms with Crippen LogP contribution in [0.1, 0.15) is 5.56 Å². The van der Waals surface area contributed by atoms with Gasteiger partial charge in [0, 0.05) is 30.9 Å². The number of fused-ring (bicyclic) bond motifs is 1. The lowest BCUT2D eigenvalue weighted by molar-refractivity contribution is -0.138. The highest BCUT2D eigenvalue weighted by Crippen LogP contribution is 2.35. The van der Waals surface area contributed by atoms with E-state index in [0.717, 1.165) is 11.3 Å². The van der Waals surface area contributed by atoms with Crippen LogP contribution in [0.5, 0.6) is 5.88 Å². The van der Waals surface area contributed by atoms with Crippen LogP contribution < -0.4 is 9.64 Å². The van der Waals surface area contributed by atoms with Gasteiger partial charge in [0.1, 0.15) is 6.04 Å². The smallest absolute Gasteiger partial charge is 0.326 e. The van der Waals surface area contributed by atoms with Gasteiger partial charge in [0.05, 0.1) is 7.11 Å². The molecule has 0 spiro atoms. The molecule has 1 aromatic rings. The maximum absolute atomic E-state index is 11.0. The molecule has 2 heterocycles. The van der Waals surface area contributed by atoms with Crippen molar-refractivity contribution in [2.75, 3.05) is 19.1 Å². The molecule has 0 saturated heterocycles. The molecule has 5 nitrogen and oxygen atoms in total. The molecule has 15 heavy (non-hydrogen) atoms. The number of carbonyl (C=O) groups is 1. The van der Waals surface area contributed by atoms with Crippen molar-refractivity contribution in [3.63, 3.8) is 0 Å². The quantitative estimate of drug-likeness (QED) is 0.768. The third-order valence-electron chi connectivity index (χ3n) is 2.71. The normalized spacial score (nSPS) is 18.8. The highest BCUT2D eigenvalue weighted by atomic mass is 16.5. The third kappa shape index (κ3) is 1.40. The second kappa shape index (κ2) is 3.42. The molecule has 1 unspecified atom stereocenters. The number of aliphatic carboxylic acids is 1. The minimum atomic E-state index is -0.823. The number of aromatic nitrogens is 1. The molecule has 1 atom stereocenters. The van der Waals surface area contributed by atoms with Crippen LogP contribution in [0.2, 0.25) is 0 Å². The summed E-state index contributed by atoms with van der Waals surface area (Å²) in [4.78, 5) is 16.8. The lowest BCUT2D eigenvalue weighted by Gasteiger charge is -2.18. The summed E-state index contributed by atoms with van der Waals surface area (Å²) in [5.74, 6) is -0.307. The molecule has 2 rings (SSSR count). The molecule has 0 saturated carbocycles. The number of anilines is 1. The van der Waals surface area contributed by atoms with Gasteiger partial charge in [-0.2, -0.15) is 0 Å². The first-order chi connectivity index (χ1) is 7.15. The number of carboxylic acids is 1. The van der Waals surface area contributed by atoms with Crippen molar-refractivity contribution in [1.82, 2.24) is 4.98 Å². The van der Waals surface area contributed by atoms with Crippen LogP contribution in [0.25, 0.3) is 0 Å². The van der Waals surface area contributed by atoms with Crippen LogP contribution in [0, 0.1) is 0 Å². The van der Waals surface area contributed by atoms with E-state index >= 15 is 0 Å². The van der Waals surface area contributed by atoms with E-state index in [-0.39, 0.29) is 0 Å². The Morgan fingerprint density at radius 1 is 1.73 bits per heavy atom. The van der Waals surface area contributed by atoms with E-state index in [4.69, 9.17) is 9.84 Å². The summed E-state index contributed by atoms with van der Waals surface area (Å²) in [6, 6.07) is 1.29. The molecule has 5 heteroatoms. The van der Waals surface area contributed by atoms with Gasteiger partial charge in [0.2, 0.25) is 5.88 Å². The fraction of sp³-hybridized carbons (Fsp3) is 0.400. The van der Waals surface area contributed by atoms with Gasteiger partial charge in [-0.1, -0.05) is 0 Å². The summed E-state index contributed by atoms with van der Waals surface area (Å²) in [5, 5.41) is 9.02. The van der Waals surface area contributed by atoms with Gasteiger partial charge in [-0.15, -0.1) is 0 Å². The molecule has 0 aromatic carbocycles. The van der Waals surface area contributed by atoms with E-state index in [0.29, 0.717) is 12.3 Å². The average Bonchev–Trinajstić information content (AvgIpc) is 2.56. The summed E-state index contributed by atoms with van der Waals surface area (Å²) >= 11 is 0. The van der Waals surface area contributed by atoms with Crippen molar-refractivity contribution in [3.8, 4) is 5.88 Å². The van der Waals surface area contributed by atoms with E-state index in [9.17, 15) is 4.79 Å². The monoisotopic (exact) mass is 208 g/mol. The molecular weight excluding hydrogens is 196 g/mol. The van der Waals surface area contributed by atoms with E-state index in [1.807, 2.05) is 0 Å². The van der Waals surface area contributed by atoms with Crippen LogP contribution >= 0.6 is 0 Å². The highest BCUT2D eigenvalue weighted by Gasteiger charge is 2.34. The average molecular weight is 208 g/mol. The first-order valence-electron chi connectivity index (χ1n) is 4.62. The molecular formula is C10H12N2O3. The number of carboxylic acid groups (broad SMARTS) is 1. The fourth-order valence-electron chi connectivity index (χ4n) is 1.91. The van der Waals surface area contributed by atoms with E-state index in [1.165, 1.54) is 7.11 Å². The standard InChI is InChI=1S/C10H12N2O3/c1-12-7-3-4-11-9(15-2)6(7)5-8(12)10(13)14/h3-4,8H,5H2,1-2H3,(H,13,14).